The molecule has 1 aromatic rings. The Bertz CT molecular complexity index is 348. The molecule has 0 radical (unpaired) electrons. The number of rotatable bonds is 3. The average Bonchev–Trinajstić information content (AvgIpc) is 2.19. The van der Waals surface area contributed by atoms with Crippen LogP contribution in [-0.4, -0.2) is 4.98 Å². The summed E-state index contributed by atoms with van der Waals surface area (Å²) in [7, 11) is 0. The quantitative estimate of drug-likeness (QED) is 0.656. The van der Waals surface area contributed by atoms with Gasteiger partial charge in [0.2, 0.25) is 0 Å². The van der Waals surface area contributed by atoms with Crippen molar-refractivity contribution in [3.8, 4) is 0 Å². The number of hydrogen-bond donors (Lipinski definition) is 0. The first-order valence-electron chi connectivity index (χ1n) is 5.02. The van der Waals surface area contributed by atoms with E-state index in [0.717, 1.165) is 12.1 Å². The van der Waals surface area contributed by atoms with E-state index in [9.17, 15) is 0 Å². The maximum Gasteiger partial charge on any atom is 0.0378 e. The standard InChI is InChI=1S/C13H17N/c1-4-12(5-2)6-7-13-8-9-14-11(3)10-13/h4,6-10H,5H2,1-3H3/b7-6-,12-4-. The minimum absolute atomic E-state index is 1.06. The predicted octanol–water partition coefficient (Wildman–Crippen LogP) is 3.76. The molecule has 0 aliphatic carbocycles. The summed E-state index contributed by atoms with van der Waals surface area (Å²) in [5, 5.41) is 0. The van der Waals surface area contributed by atoms with Gasteiger partial charge in [0.1, 0.15) is 0 Å². The van der Waals surface area contributed by atoms with Gasteiger partial charge in [-0.2, -0.15) is 0 Å². The fourth-order valence-electron chi connectivity index (χ4n) is 1.29. The molecule has 0 amide bonds. The van der Waals surface area contributed by atoms with E-state index in [1.165, 1.54) is 11.1 Å². The Balaban J connectivity index is 2.78. The summed E-state index contributed by atoms with van der Waals surface area (Å²) < 4.78 is 0. The highest BCUT2D eigenvalue weighted by atomic mass is 14.6. The average molecular weight is 187 g/mol. The van der Waals surface area contributed by atoms with Crippen LogP contribution in [0, 0.1) is 6.92 Å². The molecule has 0 bridgehead atoms. The van der Waals surface area contributed by atoms with Crippen molar-refractivity contribution in [1.82, 2.24) is 4.98 Å². The van der Waals surface area contributed by atoms with Crippen LogP contribution >= 0.6 is 0 Å². The van der Waals surface area contributed by atoms with E-state index in [-0.39, 0.29) is 0 Å². The molecule has 14 heavy (non-hydrogen) atoms. The van der Waals surface area contributed by atoms with Crippen LogP contribution in [0.15, 0.2) is 36.1 Å². The van der Waals surface area contributed by atoms with Gasteiger partial charge in [-0.05, 0) is 38.0 Å². The van der Waals surface area contributed by atoms with Gasteiger partial charge in [-0.25, -0.2) is 0 Å². The summed E-state index contributed by atoms with van der Waals surface area (Å²) in [6.45, 7) is 6.24. The van der Waals surface area contributed by atoms with E-state index in [1.807, 2.05) is 19.2 Å². The molecule has 0 aliphatic rings. The summed E-state index contributed by atoms with van der Waals surface area (Å²) in [5.74, 6) is 0. The van der Waals surface area contributed by atoms with Crippen LogP contribution < -0.4 is 0 Å². The molecule has 0 spiro atoms. The van der Waals surface area contributed by atoms with Gasteiger partial charge in [0.15, 0.2) is 0 Å². The molecule has 0 atom stereocenters. The topological polar surface area (TPSA) is 12.9 Å². The zero-order chi connectivity index (χ0) is 10.4. The first kappa shape index (κ1) is 10.7. The van der Waals surface area contributed by atoms with Crippen molar-refractivity contribution < 1.29 is 0 Å². The highest BCUT2D eigenvalue weighted by molar-refractivity contribution is 5.52. The van der Waals surface area contributed by atoms with Crippen molar-refractivity contribution in [2.24, 2.45) is 0 Å². The number of aryl methyl sites for hydroxylation is 1. The van der Waals surface area contributed by atoms with E-state index >= 15 is 0 Å². The summed E-state index contributed by atoms with van der Waals surface area (Å²) in [4.78, 5) is 4.16. The molecule has 0 saturated carbocycles. The van der Waals surface area contributed by atoms with Crippen molar-refractivity contribution in [3.05, 3.63) is 47.3 Å². The van der Waals surface area contributed by atoms with Crippen LogP contribution in [0.4, 0.5) is 0 Å². The SMILES string of the molecule is C/C=C(\C=C/c1ccnc(C)c1)CC. The Hall–Kier alpha value is -1.37. The van der Waals surface area contributed by atoms with Crippen molar-refractivity contribution in [1.29, 1.82) is 0 Å². The normalized spacial score (nSPS) is 12.4. The lowest BCUT2D eigenvalue weighted by molar-refractivity contribution is 1.14. The van der Waals surface area contributed by atoms with Crippen LogP contribution in [0.1, 0.15) is 31.5 Å². The number of hydrogen-bond acceptors (Lipinski definition) is 1. The molecule has 0 aromatic carbocycles. The monoisotopic (exact) mass is 187 g/mol. The largest absolute Gasteiger partial charge is 0.262 e. The third kappa shape index (κ3) is 3.17. The number of allylic oxidation sites excluding steroid dienone is 3. The van der Waals surface area contributed by atoms with E-state index in [2.05, 4.69) is 43.1 Å². The number of nitrogens with zero attached hydrogens (tertiary/aromatic N) is 1. The van der Waals surface area contributed by atoms with Gasteiger partial charge in [0, 0.05) is 11.9 Å². The fourth-order valence-corrected chi connectivity index (χ4v) is 1.29. The maximum absolute atomic E-state index is 4.16. The molecule has 0 saturated heterocycles. The molecule has 1 heteroatoms. The van der Waals surface area contributed by atoms with Crippen LogP contribution in [-0.2, 0) is 0 Å². The Morgan fingerprint density at radius 3 is 2.86 bits per heavy atom. The smallest absolute Gasteiger partial charge is 0.0378 e. The second-order valence-corrected chi connectivity index (χ2v) is 3.28. The lowest BCUT2D eigenvalue weighted by atomic mass is 10.1. The third-order valence-corrected chi connectivity index (χ3v) is 2.19. The number of aromatic nitrogens is 1. The number of pyridine rings is 1. The third-order valence-electron chi connectivity index (χ3n) is 2.19. The Morgan fingerprint density at radius 1 is 1.50 bits per heavy atom. The molecule has 1 aromatic heterocycles. The van der Waals surface area contributed by atoms with Crippen molar-refractivity contribution in [2.75, 3.05) is 0 Å². The van der Waals surface area contributed by atoms with Crippen molar-refractivity contribution in [2.45, 2.75) is 27.2 Å². The van der Waals surface area contributed by atoms with Crippen molar-refractivity contribution in [3.63, 3.8) is 0 Å². The van der Waals surface area contributed by atoms with E-state index < -0.39 is 0 Å². The second kappa shape index (κ2) is 5.38. The molecule has 0 unspecified atom stereocenters. The van der Waals surface area contributed by atoms with Gasteiger partial charge >= 0.3 is 0 Å². The Kier molecular flexibility index (Phi) is 4.11. The molecule has 0 fully saturated rings. The molecule has 1 heterocycles. The first-order chi connectivity index (χ1) is 6.76. The molecule has 1 nitrogen and oxygen atoms in total. The lowest BCUT2D eigenvalue weighted by Gasteiger charge is -1.96. The van der Waals surface area contributed by atoms with Gasteiger partial charge in [-0.15, -0.1) is 0 Å². The molecular formula is C13H17N. The molecular weight excluding hydrogens is 170 g/mol. The molecule has 74 valence electrons. The van der Waals surface area contributed by atoms with Gasteiger partial charge < -0.3 is 0 Å². The maximum atomic E-state index is 4.16. The van der Waals surface area contributed by atoms with Crippen LogP contribution in [0.3, 0.4) is 0 Å². The predicted molar refractivity (Wildman–Crippen MR) is 62.1 cm³/mol. The lowest BCUT2D eigenvalue weighted by Crippen LogP contribution is -1.80. The van der Waals surface area contributed by atoms with Gasteiger partial charge in [0.25, 0.3) is 0 Å². The minimum atomic E-state index is 1.06. The summed E-state index contributed by atoms with van der Waals surface area (Å²) in [6.07, 6.45) is 9.36. The van der Waals surface area contributed by atoms with E-state index in [0.29, 0.717) is 0 Å². The first-order valence-corrected chi connectivity index (χ1v) is 5.02. The highest BCUT2D eigenvalue weighted by Crippen LogP contribution is 2.08. The zero-order valence-corrected chi connectivity index (χ0v) is 9.12. The molecule has 0 N–H and O–H groups in total. The van der Waals surface area contributed by atoms with E-state index in [1.54, 1.807) is 0 Å². The summed E-state index contributed by atoms with van der Waals surface area (Å²) in [5.41, 5.74) is 3.63. The van der Waals surface area contributed by atoms with Crippen molar-refractivity contribution >= 4 is 6.08 Å². The molecule has 0 aliphatic heterocycles. The highest BCUT2D eigenvalue weighted by Gasteiger charge is 1.89. The second-order valence-electron chi connectivity index (χ2n) is 3.28. The minimum Gasteiger partial charge on any atom is -0.262 e. The summed E-state index contributed by atoms with van der Waals surface area (Å²) in [6, 6.07) is 4.10. The van der Waals surface area contributed by atoms with Crippen LogP contribution in [0.2, 0.25) is 0 Å². The molecule has 1 rings (SSSR count). The Labute approximate surface area is 86.2 Å². The van der Waals surface area contributed by atoms with Gasteiger partial charge in [0.05, 0.1) is 0 Å². The fraction of sp³-hybridized carbons (Fsp3) is 0.308. The zero-order valence-electron chi connectivity index (χ0n) is 9.12. The summed E-state index contributed by atoms with van der Waals surface area (Å²) >= 11 is 0. The van der Waals surface area contributed by atoms with Gasteiger partial charge in [-0.1, -0.05) is 30.7 Å². The van der Waals surface area contributed by atoms with Gasteiger partial charge in [-0.3, -0.25) is 4.98 Å². The Morgan fingerprint density at radius 2 is 2.29 bits per heavy atom. The van der Waals surface area contributed by atoms with Crippen LogP contribution in [0.5, 0.6) is 0 Å². The van der Waals surface area contributed by atoms with E-state index in [4.69, 9.17) is 0 Å². The van der Waals surface area contributed by atoms with Crippen LogP contribution in [0.25, 0.3) is 6.08 Å².